The summed E-state index contributed by atoms with van der Waals surface area (Å²) in [6.45, 7) is 7.27. The van der Waals surface area contributed by atoms with Gasteiger partial charge in [0.15, 0.2) is 0 Å². The summed E-state index contributed by atoms with van der Waals surface area (Å²) in [7, 11) is 0. The van der Waals surface area contributed by atoms with E-state index in [1.807, 2.05) is 49.1 Å². The topological polar surface area (TPSA) is 49.9 Å². The lowest BCUT2D eigenvalue weighted by atomic mass is 9.83. The summed E-state index contributed by atoms with van der Waals surface area (Å²) in [5.74, 6) is 0.0340. The fourth-order valence-corrected chi connectivity index (χ4v) is 3.43. The van der Waals surface area contributed by atoms with Crippen LogP contribution in [0.3, 0.4) is 0 Å². The number of rotatable bonds is 3. The van der Waals surface area contributed by atoms with Crippen molar-refractivity contribution in [2.45, 2.75) is 31.7 Å². The van der Waals surface area contributed by atoms with Gasteiger partial charge in [-0.15, -0.1) is 0 Å². The Balaban J connectivity index is 1.63. The average Bonchev–Trinajstić information content (AvgIpc) is 3.01. The Morgan fingerprint density at radius 2 is 1.78 bits per heavy atom. The summed E-state index contributed by atoms with van der Waals surface area (Å²) in [4.78, 5) is 28.7. The fourth-order valence-electron chi connectivity index (χ4n) is 3.43. The molecule has 0 aromatic heterocycles. The highest BCUT2D eigenvalue weighted by molar-refractivity contribution is 5.87. The van der Waals surface area contributed by atoms with Gasteiger partial charge in [-0.05, 0) is 19.4 Å². The number of piperazine rings is 1. The standard InChI is InChI=1S/C18H24N2O3/c1-18(2,14-6-4-3-5-7-14)17(22)20-11-9-19(10-12-20)15-8-13-23-16(15)21/h3-7,15H,8-13H2,1-2H3. The molecule has 0 spiro atoms. The van der Waals surface area contributed by atoms with Gasteiger partial charge in [0.05, 0.1) is 12.0 Å². The number of nitrogens with zero attached hydrogens (tertiary/aromatic N) is 2. The first-order valence-electron chi connectivity index (χ1n) is 8.26. The Labute approximate surface area is 137 Å². The smallest absolute Gasteiger partial charge is 0.323 e. The predicted octanol–water partition coefficient (Wildman–Crippen LogP) is 1.42. The van der Waals surface area contributed by atoms with Gasteiger partial charge in [-0.25, -0.2) is 0 Å². The second-order valence-corrected chi connectivity index (χ2v) is 6.79. The van der Waals surface area contributed by atoms with E-state index >= 15 is 0 Å². The second kappa shape index (κ2) is 6.32. The van der Waals surface area contributed by atoms with Gasteiger partial charge in [-0.2, -0.15) is 0 Å². The fraction of sp³-hybridized carbons (Fsp3) is 0.556. The van der Waals surface area contributed by atoms with E-state index in [2.05, 4.69) is 4.90 Å². The first-order valence-corrected chi connectivity index (χ1v) is 8.26. The molecular formula is C18H24N2O3. The molecular weight excluding hydrogens is 292 g/mol. The molecule has 2 heterocycles. The van der Waals surface area contributed by atoms with Crippen LogP contribution in [0.5, 0.6) is 0 Å². The summed E-state index contributed by atoms with van der Waals surface area (Å²) in [6.07, 6.45) is 0.766. The molecule has 1 aromatic carbocycles. The zero-order chi connectivity index (χ0) is 16.4. The Kier molecular flexibility index (Phi) is 4.39. The van der Waals surface area contributed by atoms with Gasteiger partial charge in [-0.3, -0.25) is 14.5 Å². The highest BCUT2D eigenvalue weighted by Crippen LogP contribution is 2.26. The minimum Gasteiger partial charge on any atom is -0.464 e. The lowest BCUT2D eigenvalue weighted by Crippen LogP contribution is -2.55. The number of amides is 1. The number of esters is 1. The van der Waals surface area contributed by atoms with Crippen LogP contribution in [-0.4, -0.2) is 60.5 Å². The molecule has 1 amide bonds. The SMILES string of the molecule is CC(C)(C(=O)N1CCN(C2CCOC2=O)CC1)c1ccccc1. The average molecular weight is 316 g/mol. The van der Waals surface area contributed by atoms with Gasteiger partial charge in [0.2, 0.25) is 5.91 Å². The molecule has 1 unspecified atom stereocenters. The third kappa shape index (κ3) is 3.11. The van der Waals surface area contributed by atoms with E-state index in [1.54, 1.807) is 0 Å². The highest BCUT2D eigenvalue weighted by Gasteiger charge is 2.38. The Morgan fingerprint density at radius 1 is 1.13 bits per heavy atom. The first kappa shape index (κ1) is 16.0. The molecule has 0 N–H and O–H groups in total. The molecule has 124 valence electrons. The molecule has 23 heavy (non-hydrogen) atoms. The van der Waals surface area contributed by atoms with E-state index in [-0.39, 0.29) is 17.9 Å². The highest BCUT2D eigenvalue weighted by atomic mass is 16.5. The van der Waals surface area contributed by atoms with Crippen LogP contribution in [0.25, 0.3) is 0 Å². The van der Waals surface area contributed by atoms with Crippen LogP contribution in [0.2, 0.25) is 0 Å². The molecule has 3 rings (SSSR count). The van der Waals surface area contributed by atoms with Crippen molar-refractivity contribution >= 4 is 11.9 Å². The largest absolute Gasteiger partial charge is 0.464 e. The van der Waals surface area contributed by atoms with E-state index in [0.717, 1.165) is 25.1 Å². The number of hydrogen-bond donors (Lipinski definition) is 0. The maximum absolute atomic E-state index is 12.9. The number of cyclic esters (lactones) is 1. The van der Waals surface area contributed by atoms with Crippen LogP contribution >= 0.6 is 0 Å². The van der Waals surface area contributed by atoms with Crippen molar-refractivity contribution in [2.75, 3.05) is 32.8 Å². The minimum atomic E-state index is -0.532. The third-order valence-electron chi connectivity index (χ3n) is 4.98. The van der Waals surface area contributed by atoms with E-state index in [0.29, 0.717) is 19.7 Å². The van der Waals surface area contributed by atoms with Crippen molar-refractivity contribution in [3.8, 4) is 0 Å². The zero-order valence-electron chi connectivity index (χ0n) is 13.8. The van der Waals surface area contributed by atoms with Gasteiger partial charge in [-0.1, -0.05) is 30.3 Å². The summed E-state index contributed by atoms with van der Waals surface area (Å²) in [5.41, 5.74) is 0.502. The van der Waals surface area contributed by atoms with Gasteiger partial charge < -0.3 is 9.64 Å². The molecule has 0 radical (unpaired) electrons. The van der Waals surface area contributed by atoms with Crippen molar-refractivity contribution in [2.24, 2.45) is 0 Å². The molecule has 2 aliphatic rings. The molecule has 0 bridgehead atoms. The van der Waals surface area contributed by atoms with Crippen LogP contribution in [0.1, 0.15) is 25.8 Å². The van der Waals surface area contributed by atoms with Gasteiger partial charge in [0.1, 0.15) is 6.04 Å². The molecule has 1 aromatic rings. The predicted molar refractivity (Wildman–Crippen MR) is 87.0 cm³/mol. The van der Waals surface area contributed by atoms with Crippen molar-refractivity contribution in [1.82, 2.24) is 9.80 Å². The number of ether oxygens (including phenoxy) is 1. The number of benzene rings is 1. The summed E-state index contributed by atoms with van der Waals surface area (Å²) >= 11 is 0. The van der Waals surface area contributed by atoms with Gasteiger partial charge in [0.25, 0.3) is 0 Å². The Morgan fingerprint density at radius 3 is 2.35 bits per heavy atom. The zero-order valence-corrected chi connectivity index (χ0v) is 13.8. The minimum absolute atomic E-state index is 0.116. The monoisotopic (exact) mass is 316 g/mol. The summed E-state index contributed by atoms with van der Waals surface area (Å²) < 4.78 is 5.04. The van der Waals surface area contributed by atoms with E-state index in [1.165, 1.54) is 0 Å². The second-order valence-electron chi connectivity index (χ2n) is 6.79. The van der Waals surface area contributed by atoms with E-state index < -0.39 is 5.41 Å². The summed E-state index contributed by atoms with van der Waals surface area (Å²) in [5, 5.41) is 0. The van der Waals surface area contributed by atoms with Crippen LogP contribution in [0.4, 0.5) is 0 Å². The van der Waals surface area contributed by atoms with Crippen molar-refractivity contribution in [3.05, 3.63) is 35.9 Å². The number of carbonyl (C=O) groups excluding carboxylic acids is 2. The van der Waals surface area contributed by atoms with Crippen LogP contribution in [0, 0.1) is 0 Å². The lowest BCUT2D eigenvalue weighted by Gasteiger charge is -2.40. The Hall–Kier alpha value is -1.88. The molecule has 0 saturated carbocycles. The van der Waals surface area contributed by atoms with Crippen molar-refractivity contribution in [1.29, 1.82) is 0 Å². The van der Waals surface area contributed by atoms with E-state index in [4.69, 9.17) is 4.74 Å². The van der Waals surface area contributed by atoms with Crippen LogP contribution in [-0.2, 0) is 19.7 Å². The number of carbonyl (C=O) groups is 2. The number of hydrogen-bond acceptors (Lipinski definition) is 4. The lowest BCUT2D eigenvalue weighted by molar-refractivity contribution is -0.144. The maximum Gasteiger partial charge on any atom is 0.323 e. The molecule has 5 nitrogen and oxygen atoms in total. The first-order chi connectivity index (χ1) is 11.0. The molecule has 2 aliphatic heterocycles. The third-order valence-corrected chi connectivity index (χ3v) is 4.98. The Bertz CT molecular complexity index is 577. The van der Waals surface area contributed by atoms with Crippen LogP contribution in [0.15, 0.2) is 30.3 Å². The van der Waals surface area contributed by atoms with Crippen molar-refractivity contribution < 1.29 is 14.3 Å². The normalized spacial score (nSPS) is 23.0. The van der Waals surface area contributed by atoms with Gasteiger partial charge in [0, 0.05) is 32.6 Å². The molecule has 2 saturated heterocycles. The van der Waals surface area contributed by atoms with Gasteiger partial charge >= 0.3 is 5.97 Å². The molecule has 5 heteroatoms. The quantitative estimate of drug-likeness (QED) is 0.792. The van der Waals surface area contributed by atoms with Crippen molar-refractivity contribution in [3.63, 3.8) is 0 Å². The van der Waals surface area contributed by atoms with E-state index in [9.17, 15) is 9.59 Å². The van der Waals surface area contributed by atoms with Crippen LogP contribution < -0.4 is 0 Å². The summed E-state index contributed by atoms with van der Waals surface area (Å²) in [6, 6.07) is 9.78. The maximum atomic E-state index is 12.9. The molecule has 2 fully saturated rings. The molecule has 1 atom stereocenters. The molecule has 0 aliphatic carbocycles.